The second-order valence-electron chi connectivity index (χ2n) is 4.35. The summed E-state index contributed by atoms with van der Waals surface area (Å²) < 4.78 is 25.6. The largest absolute Gasteiger partial charge is 0.326 e. The fourth-order valence-electron chi connectivity index (χ4n) is 2.18. The Kier molecular flexibility index (Phi) is 4.55. The fraction of sp³-hybridized carbons (Fsp3) is 1.00. The molecule has 2 atom stereocenters. The van der Waals surface area contributed by atoms with Gasteiger partial charge in [-0.1, -0.05) is 13.3 Å². The van der Waals surface area contributed by atoms with Crippen LogP contribution in [-0.4, -0.2) is 37.1 Å². The van der Waals surface area contributed by atoms with E-state index in [9.17, 15) is 8.42 Å². The van der Waals surface area contributed by atoms with Gasteiger partial charge in [-0.2, -0.15) is 4.31 Å². The third-order valence-corrected chi connectivity index (χ3v) is 5.02. The van der Waals surface area contributed by atoms with Crippen molar-refractivity contribution in [1.29, 1.82) is 0 Å². The lowest BCUT2D eigenvalue weighted by Crippen LogP contribution is -2.52. The van der Waals surface area contributed by atoms with Crippen molar-refractivity contribution in [2.24, 2.45) is 5.73 Å². The van der Waals surface area contributed by atoms with Crippen LogP contribution in [0.1, 0.15) is 39.5 Å². The molecule has 1 fully saturated rings. The number of nitrogens with two attached hydrogens (primary N) is 1. The van der Waals surface area contributed by atoms with E-state index in [1.807, 2.05) is 13.8 Å². The quantitative estimate of drug-likeness (QED) is 0.787. The zero-order valence-corrected chi connectivity index (χ0v) is 10.5. The average Bonchev–Trinajstić information content (AvgIpc) is 2.17. The molecule has 0 saturated carbocycles. The molecule has 4 nitrogen and oxygen atoms in total. The van der Waals surface area contributed by atoms with Gasteiger partial charge in [0.2, 0.25) is 10.0 Å². The lowest BCUT2D eigenvalue weighted by molar-refractivity contribution is 0.227. The molecular formula is C10H22N2O2S. The highest BCUT2D eigenvalue weighted by Crippen LogP contribution is 2.22. The molecule has 0 amide bonds. The van der Waals surface area contributed by atoms with Gasteiger partial charge in [0.25, 0.3) is 0 Å². The van der Waals surface area contributed by atoms with Gasteiger partial charge in [-0.25, -0.2) is 8.42 Å². The zero-order valence-electron chi connectivity index (χ0n) is 9.65. The van der Waals surface area contributed by atoms with Gasteiger partial charge < -0.3 is 5.73 Å². The molecule has 90 valence electrons. The van der Waals surface area contributed by atoms with E-state index in [0.717, 1.165) is 19.3 Å². The summed E-state index contributed by atoms with van der Waals surface area (Å²) in [4.78, 5) is 0. The van der Waals surface area contributed by atoms with E-state index in [1.165, 1.54) is 0 Å². The van der Waals surface area contributed by atoms with Gasteiger partial charge in [-0.05, 0) is 26.2 Å². The van der Waals surface area contributed by atoms with Crippen LogP contribution in [0, 0.1) is 0 Å². The standard InChI is InChI=1S/C10H22N2O2S/c1-3-8-15(13,14)12-7-5-4-6-10(12)9(2)11/h9-10H,3-8,11H2,1-2H3. The summed E-state index contributed by atoms with van der Waals surface area (Å²) in [6.45, 7) is 4.43. The first-order chi connectivity index (χ1) is 6.99. The van der Waals surface area contributed by atoms with Gasteiger partial charge in [0.15, 0.2) is 0 Å². The van der Waals surface area contributed by atoms with Crippen molar-refractivity contribution in [3.8, 4) is 0 Å². The molecular weight excluding hydrogens is 212 g/mol. The van der Waals surface area contributed by atoms with E-state index in [0.29, 0.717) is 13.0 Å². The number of piperidine rings is 1. The highest BCUT2D eigenvalue weighted by molar-refractivity contribution is 7.89. The number of rotatable bonds is 4. The molecule has 1 aliphatic rings. The number of hydrogen-bond donors (Lipinski definition) is 1. The van der Waals surface area contributed by atoms with Crippen LogP contribution in [0.2, 0.25) is 0 Å². The molecule has 2 unspecified atom stereocenters. The minimum atomic E-state index is -3.07. The molecule has 15 heavy (non-hydrogen) atoms. The summed E-state index contributed by atoms with van der Waals surface area (Å²) in [5.74, 6) is 0.246. The third kappa shape index (κ3) is 3.16. The van der Waals surface area contributed by atoms with Crippen LogP contribution < -0.4 is 5.73 Å². The average molecular weight is 234 g/mol. The van der Waals surface area contributed by atoms with Gasteiger partial charge in [-0.15, -0.1) is 0 Å². The van der Waals surface area contributed by atoms with E-state index >= 15 is 0 Å². The van der Waals surface area contributed by atoms with Gasteiger partial charge in [0.05, 0.1) is 5.75 Å². The number of hydrogen-bond acceptors (Lipinski definition) is 3. The van der Waals surface area contributed by atoms with Crippen LogP contribution in [-0.2, 0) is 10.0 Å². The van der Waals surface area contributed by atoms with Gasteiger partial charge >= 0.3 is 0 Å². The topological polar surface area (TPSA) is 63.4 Å². The minimum absolute atomic E-state index is 0.00954. The van der Waals surface area contributed by atoms with Crippen molar-refractivity contribution < 1.29 is 8.42 Å². The molecule has 1 saturated heterocycles. The highest BCUT2D eigenvalue weighted by atomic mass is 32.2. The van der Waals surface area contributed by atoms with E-state index in [1.54, 1.807) is 4.31 Å². The van der Waals surface area contributed by atoms with E-state index in [4.69, 9.17) is 5.73 Å². The molecule has 0 aromatic rings. The molecule has 1 aliphatic heterocycles. The highest BCUT2D eigenvalue weighted by Gasteiger charge is 2.33. The molecule has 5 heteroatoms. The maximum absolute atomic E-state index is 12.0. The summed E-state index contributed by atoms with van der Waals surface area (Å²) in [5, 5.41) is 0. The van der Waals surface area contributed by atoms with E-state index < -0.39 is 10.0 Å². The summed E-state index contributed by atoms with van der Waals surface area (Å²) >= 11 is 0. The number of nitrogens with zero attached hydrogens (tertiary/aromatic N) is 1. The predicted octanol–water partition coefficient (Wildman–Crippen LogP) is 0.928. The fourth-order valence-corrected chi connectivity index (χ4v) is 4.04. The third-order valence-electron chi connectivity index (χ3n) is 2.92. The zero-order chi connectivity index (χ0) is 11.5. The molecule has 0 aromatic carbocycles. The van der Waals surface area contributed by atoms with Gasteiger partial charge in [-0.3, -0.25) is 0 Å². The van der Waals surface area contributed by atoms with E-state index in [2.05, 4.69) is 0 Å². The maximum atomic E-state index is 12.0. The SMILES string of the molecule is CCCS(=O)(=O)N1CCCCC1C(C)N. The van der Waals surface area contributed by atoms with Crippen LogP contribution in [0.4, 0.5) is 0 Å². The monoisotopic (exact) mass is 234 g/mol. The summed E-state index contributed by atoms with van der Waals surface area (Å²) in [7, 11) is -3.07. The smallest absolute Gasteiger partial charge is 0.214 e. The molecule has 1 heterocycles. The second kappa shape index (κ2) is 5.27. The molecule has 0 aliphatic carbocycles. The first kappa shape index (κ1) is 12.9. The lowest BCUT2D eigenvalue weighted by atomic mass is 10.00. The predicted molar refractivity (Wildman–Crippen MR) is 62.1 cm³/mol. The Balaban J connectivity index is 2.80. The second-order valence-corrected chi connectivity index (χ2v) is 6.39. The molecule has 0 spiro atoms. The van der Waals surface area contributed by atoms with Crippen molar-refractivity contribution in [2.45, 2.75) is 51.6 Å². The Morgan fingerprint density at radius 3 is 2.67 bits per heavy atom. The van der Waals surface area contributed by atoms with Crippen molar-refractivity contribution in [1.82, 2.24) is 4.31 Å². The summed E-state index contributed by atoms with van der Waals surface area (Å²) in [6, 6.07) is -0.0627. The van der Waals surface area contributed by atoms with Crippen molar-refractivity contribution in [3.05, 3.63) is 0 Å². The Morgan fingerprint density at radius 2 is 2.13 bits per heavy atom. The van der Waals surface area contributed by atoms with Crippen LogP contribution >= 0.6 is 0 Å². The van der Waals surface area contributed by atoms with Gasteiger partial charge in [0.1, 0.15) is 0 Å². The summed E-state index contributed by atoms with van der Waals surface area (Å²) in [6.07, 6.45) is 3.63. The Bertz CT molecular complexity index is 288. The van der Waals surface area contributed by atoms with Crippen molar-refractivity contribution in [2.75, 3.05) is 12.3 Å². The molecule has 1 rings (SSSR count). The normalized spacial score (nSPS) is 26.5. The van der Waals surface area contributed by atoms with Crippen LogP contribution in [0.25, 0.3) is 0 Å². The van der Waals surface area contributed by atoms with Crippen molar-refractivity contribution in [3.63, 3.8) is 0 Å². The molecule has 0 bridgehead atoms. The van der Waals surface area contributed by atoms with Gasteiger partial charge in [0, 0.05) is 18.6 Å². The van der Waals surface area contributed by atoms with Crippen LogP contribution in [0.5, 0.6) is 0 Å². The number of sulfonamides is 1. The summed E-state index contributed by atoms with van der Waals surface area (Å²) in [5.41, 5.74) is 5.84. The maximum Gasteiger partial charge on any atom is 0.214 e. The Morgan fingerprint density at radius 1 is 1.47 bits per heavy atom. The molecule has 0 radical (unpaired) electrons. The minimum Gasteiger partial charge on any atom is -0.326 e. The molecule has 0 aromatic heterocycles. The lowest BCUT2D eigenvalue weighted by Gasteiger charge is -2.36. The van der Waals surface area contributed by atoms with Crippen LogP contribution in [0.3, 0.4) is 0 Å². The first-order valence-corrected chi connectivity index (χ1v) is 7.35. The Hall–Kier alpha value is -0.130. The van der Waals surface area contributed by atoms with Crippen molar-refractivity contribution >= 4 is 10.0 Å². The Labute approximate surface area is 92.9 Å². The van der Waals surface area contributed by atoms with Crippen LogP contribution in [0.15, 0.2) is 0 Å². The first-order valence-electron chi connectivity index (χ1n) is 5.74. The molecule has 2 N–H and O–H groups in total. The van der Waals surface area contributed by atoms with E-state index in [-0.39, 0.29) is 17.8 Å².